The van der Waals surface area contributed by atoms with Crippen LogP contribution in [0.25, 0.3) is 5.70 Å². The predicted molar refractivity (Wildman–Crippen MR) is 127 cm³/mol. The Labute approximate surface area is 196 Å². The number of hydrogen-bond acceptors (Lipinski definition) is 7. The van der Waals surface area contributed by atoms with Gasteiger partial charge >= 0.3 is 5.97 Å². The van der Waals surface area contributed by atoms with E-state index in [4.69, 9.17) is 10.5 Å². The molecule has 0 fully saturated rings. The Balaban J connectivity index is 1.56. The Morgan fingerprint density at radius 3 is 2.24 bits per heavy atom. The second-order valence-corrected chi connectivity index (χ2v) is 7.79. The largest absolute Gasteiger partial charge is 0.477 e. The Kier molecular flexibility index (Phi) is 6.74. The molecule has 3 aromatic rings. The van der Waals surface area contributed by atoms with Gasteiger partial charge in [-0.05, 0) is 54.9 Å². The zero-order valence-corrected chi connectivity index (χ0v) is 18.2. The maximum Gasteiger partial charge on any atom is 0.354 e. The van der Waals surface area contributed by atoms with Gasteiger partial charge in [-0.2, -0.15) is 0 Å². The quantitative estimate of drug-likeness (QED) is 0.279. The minimum absolute atomic E-state index is 0.00885. The standard InChI is InChI=1S/C25H24N4O5/c26-15-14-21(16-6-10-18(11-7-16)29(32)33)24-27-22(23(28-24)25(30)31)17-8-12-20(13-9-17)34-19-4-2-1-3-5-19/h1-13,21,24,27-28H,14-15,26H2,(H,30,31). The van der Waals surface area contributed by atoms with Crippen LogP contribution >= 0.6 is 0 Å². The van der Waals surface area contributed by atoms with Crippen LogP contribution in [0.1, 0.15) is 23.5 Å². The number of nitrogens with one attached hydrogen (secondary N) is 2. The summed E-state index contributed by atoms with van der Waals surface area (Å²) < 4.78 is 5.82. The van der Waals surface area contributed by atoms with Crippen molar-refractivity contribution in [3.8, 4) is 11.5 Å². The van der Waals surface area contributed by atoms with Gasteiger partial charge in [0.25, 0.3) is 5.69 Å². The van der Waals surface area contributed by atoms with Crippen molar-refractivity contribution in [1.82, 2.24) is 10.6 Å². The summed E-state index contributed by atoms with van der Waals surface area (Å²) in [5.41, 5.74) is 7.82. The molecule has 0 saturated heterocycles. The molecule has 0 aliphatic carbocycles. The van der Waals surface area contributed by atoms with Crippen molar-refractivity contribution in [2.75, 3.05) is 6.54 Å². The number of benzene rings is 3. The molecule has 0 saturated carbocycles. The number of carboxylic acids is 1. The molecule has 9 nitrogen and oxygen atoms in total. The molecule has 0 radical (unpaired) electrons. The van der Waals surface area contributed by atoms with Crippen molar-refractivity contribution in [2.45, 2.75) is 18.5 Å². The highest BCUT2D eigenvalue weighted by Gasteiger charge is 2.33. The first-order chi connectivity index (χ1) is 16.5. The molecule has 5 N–H and O–H groups in total. The minimum atomic E-state index is -1.09. The molecule has 0 amide bonds. The topological polar surface area (TPSA) is 140 Å². The molecule has 2 unspecified atom stereocenters. The summed E-state index contributed by atoms with van der Waals surface area (Å²) in [7, 11) is 0. The fourth-order valence-electron chi connectivity index (χ4n) is 3.95. The molecule has 34 heavy (non-hydrogen) atoms. The fourth-order valence-corrected chi connectivity index (χ4v) is 3.95. The summed E-state index contributed by atoms with van der Waals surface area (Å²) in [5.74, 6) is 0.0270. The van der Waals surface area contributed by atoms with Crippen molar-refractivity contribution in [1.29, 1.82) is 0 Å². The number of nitro groups is 1. The lowest BCUT2D eigenvalue weighted by Gasteiger charge is -2.25. The van der Waals surface area contributed by atoms with E-state index >= 15 is 0 Å². The van der Waals surface area contributed by atoms with Crippen molar-refractivity contribution in [2.24, 2.45) is 5.73 Å². The summed E-state index contributed by atoms with van der Waals surface area (Å²) in [5, 5.41) is 27.1. The van der Waals surface area contributed by atoms with Crippen LogP contribution in [-0.2, 0) is 4.79 Å². The van der Waals surface area contributed by atoms with Crippen molar-refractivity contribution in [3.05, 3.63) is 106 Å². The van der Waals surface area contributed by atoms with Gasteiger partial charge in [0.05, 0.1) is 10.6 Å². The third-order valence-electron chi connectivity index (χ3n) is 5.60. The molecular weight excluding hydrogens is 436 g/mol. The number of ether oxygens (including phenoxy) is 1. The van der Waals surface area contributed by atoms with Gasteiger partial charge in [-0.25, -0.2) is 4.79 Å². The van der Waals surface area contributed by atoms with E-state index < -0.39 is 17.1 Å². The summed E-state index contributed by atoms with van der Waals surface area (Å²) in [6, 6.07) is 22.7. The Hall–Kier alpha value is -4.37. The molecule has 3 aromatic carbocycles. The molecule has 0 spiro atoms. The van der Waals surface area contributed by atoms with Crippen LogP contribution in [0.3, 0.4) is 0 Å². The van der Waals surface area contributed by atoms with E-state index in [-0.39, 0.29) is 17.3 Å². The zero-order chi connectivity index (χ0) is 24.1. The Morgan fingerprint density at radius 1 is 1.00 bits per heavy atom. The van der Waals surface area contributed by atoms with E-state index in [0.29, 0.717) is 35.7 Å². The Bertz CT molecular complexity index is 1190. The van der Waals surface area contributed by atoms with E-state index in [1.54, 1.807) is 36.4 Å². The van der Waals surface area contributed by atoms with E-state index in [1.807, 2.05) is 30.3 Å². The summed E-state index contributed by atoms with van der Waals surface area (Å²) in [4.78, 5) is 22.5. The number of para-hydroxylation sites is 1. The third kappa shape index (κ3) is 5.00. The molecule has 9 heteroatoms. The molecule has 0 bridgehead atoms. The van der Waals surface area contributed by atoms with Crippen LogP contribution < -0.4 is 21.1 Å². The predicted octanol–water partition coefficient (Wildman–Crippen LogP) is 3.79. The molecular formula is C25H24N4O5. The highest BCUT2D eigenvalue weighted by Crippen LogP contribution is 2.31. The fraction of sp³-hybridized carbons (Fsp3) is 0.160. The van der Waals surface area contributed by atoms with Crippen LogP contribution in [-0.4, -0.2) is 28.7 Å². The van der Waals surface area contributed by atoms with Crippen molar-refractivity contribution < 1.29 is 19.6 Å². The van der Waals surface area contributed by atoms with Gasteiger partial charge in [-0.1, -0.05) is 30.3 Å². The van der Waals surface area contributed by atoms with Crippen LogP contribution in [0, 0.1) is 10.1 Å². The molecule has 174 valence electrons. The number of nitrogens with zero attached hydrogens (tertiary/aromatic N) is 1. The van der Waals surface area contributed by atoms with E-state index in [2.05, 4.69) is 10.6 Å². The monoisotopic (exact) mass is 460 g/mol. The SMILES string of the molecule is NCCC(c1ccc([N+](=O)[O-])cc1)C1NC(C(=O)O)=C(c2ccc(Oc3ccccc3)cc2)N1. The van der Waals surface area contributed by atoms with Gasteiger partial charge in [0, 0.05) is 23.6 Å². The number of hydrogen-bond donors (Lipinski definition) is 4. The smallest absolute Gasteiger partial charge is 0.354 e. The summed E-state index contributed by atoms with van der Waals surface area (Å²) in [6.07, 6.45) is 0.0957. The highest BCUT2D eigenvalue weighted by atomic mass is 16.6. The lowest BCUT2D eigenvalue weighted by Crippen LogP contribution is -2.40. The number of aliphatic carboxylic acids is 1. The number of nitro benzene ring substituents is 1. The first kappa shape index (κ1) is 22.8. The number of rotatable bonds is 9. The molecule has 2 atom stereocenters. The molecule has 0 aromatic heterocycles. The first-order valence-corrected chi connectivity index (χ1v) is 10.7. The van der Waals surface area contributed by atoms with Crippen LogP contribution in [0.2, 0.25) is 0 Å². The lowest BCUT2D eigenvalue weighted by molar-refractivity contribution is -0.384. The average Bonchev–Trinajstić information content (AvgIpc) is 3.29. The van der Waals surface area contributed by atoms with Gasteiger partial charge in [0.1, 0.15) is 23.4 Å². The maximum atomic E-state index is 12.0. The van der Waals surface area contributed by atoms with Gasteiger partial charge in [0.2, 0.25) is 0 Å². The van der Waals surface area contributed by atoms with Gasteiger partial charge < -0.3 is 26.2 Å². The highest BCUT2D eigenvalue weighted by molar-refractivity contribution is 5.96. The van der Waals surface area contributed by atoms with Crippen LogP contribution in [0.4, 0.5) is 5.69 Å². The van der Waals surface area contributed by atoms with Crippen LogP contribution in [0.5, 0.6) is 11.5 Å². The van der Waals surface area contributed by atoms with Gasteiger partial charge in [-0.15, -0.1) is 0 Å². The number of carboxylic acid groups (broad SMARTS) is 1. The molecule has 1 heterocycles. The van der Waals surface area contributed by atoms with Crippen LogP contribution in [0.15, 0.2) is 84.6 Å². The normalized spacial score (nSPS) is 15.9. The molecule has 1 aliphatic heterocycles. The lowest BCUT2D eigenvalue weighted by atomic mass is 9.92. The molecule has 4 rings (SSSR count). The Morgan fingerprint density at radius 2 is 1.65 bits per heavy atom. The first-order valence-electron chi connectivity index (χ1n) is 10.7. The van der Waals surface area contributed by atoms with Gasteiger partial charge in [0.15, 0.2) is 0 Å². The zero-order valence-electron chi connectivity index (χ0n) is 18.2. The number of non-ortho nitro benzene ring substituents is 1. The summed E-state index contributed by atoms with van der Waals surface area (Å²) in [6.45, 7) is 0.366. The van der Waals surface area contributed by atoms with Crippen molar-refractivity contribution >= 4 is 17.4 Å². The average molecular weight is 460 g/mol. The third-order valence-corrected chi connectivity index (χ3v) is 5.60. The van der Waals surface area contributed by atoms with E-state index in [9.17, 15) is 20.0 Å². The number of carbonyl (C=O) groups is 1. The number of nitrogens with two attached hydrogens (primary N) is 1. The second-order valence-electron chi connectivity index (χ2n) is 7.79. The van der Waals surface area contributed by atoms with E-state index in [0.717, 1.165) is 5.56 Å². The minimum Gasteiger partial charge on any atom is -0.477 e. The summed E-state index contributed by atoms with van der Waals surface area (Å²) >= 11 is 0. The van der Waals surface area contributed by atoms with Gasteiger partial charge in [-0.3, -0.25) is 10.1 Å². The molecule has 1 aliphatic rings. The maximum absolute atomic E-state index is 12.0. The van der Waals surface area contributed by atoms with Crippen molar-refractivity contribution in [3.63, 3.8) is 0 Å². The second kappa shape index (κ2) is 10.1. The van der Waals surface area contributed by atoms with E-state index in [1.165, 1.54) is 12.1 Å².